The standard InChI is InChI=1S/C20H30O3/c1-6-20(5,22)16-12-14-13(17(21)23-16)8-9-15-18(2,3)10-7-11-19(14,15)4/h6,8,14-16,22H,1,7,9-12H2,2-5H3/t14-,15-,16-,19+,20-/m0/s1. The Hall–Kier alpha value is -1.09. The lowest BCUT2D eigenvalue weighted by molar-refractivity contribution is -0.170. The maximum atomic E-state index is 12.5. The third kappa shape index (κ3) is 2.48. The van der Waals surface area contributed by atoms with Crippen LogP contribution in [0, 0.1) is 22.7 Å². The number of carbonyl (C=O) groups excluding carboxylic acids is 1. The highest BCUT2D eigenvalue weighted by Crippen LogP contribution is 2.61. The quantitative estimate of drug-likeness (QED) is 0.618. The van der Waals surface area contributed by atoms with Gasteiger partial charge in [-0.1, -0.05) is 39.3 Å². The van der Waals surface area contributed by atoms with Gasteiger partial charge >= 0.3 is 5.97 Å². The fraction of sp³-hybridized carbons (Fsp3) is 0.750. The molecular weight excluding hydrogens is 288 g/mol. The molecule has 3 rings (SSSR count). The van der Waals surface area contributed by atoms with Crippen LogP contribution >= 0.6 is 0 Å². The molecule has 23 heavy (non-hydrogen) atoms. The molecule has 3 heteroatoms. The number of ether oxygens (including phenoxy) is 1. The monoisotopic (exact) mass is 318 g/mol. The third-order valence-electron chi connectivity index (χ3n) is 7.02. The van der Waals surface area contributed by atoms with Crippen molar-refractivity contribution in [2.24, 2.45) is 22.7 Å². The van der Waals surface area contributed by atoms with Crippen molar-refractivity contribution in [2.45, 2.75) is 71.5 Å². The molecule has 1 heterocycles. The van der Waals surface area contributed by atoms with Crippen LogP contribution in [-0.2, 0) is 9.53 Å². The number of rotatable bonds is 2. The largest absolute Gasteiger partial charge is 0.456 e. The van der Waals surface area contributed by atoms with Gasteiger partial charge in [0.25, 0.3) is 0 Å². The lowest BCUT2D eigenvalue weighted by Gasteiger charge is -2.58. The molecule has 2 aliphatic carbocycles. The third-order valence-corrected chi connectivity index (χ3v) is 7.02. The van der Waals surface area contributed by atoms with Gasteiger partial charge in [-0.15, -0.1) is 6.58 Å². The first kappa shape index (κ1) is 16.8. The molecule has 0 aromatic heterocycles. The van der Waals surface area contributed by atoms with E-state index in [1.807, 2.05) is 0 Å². The summed E-state index contributed by atoms with van der Waals surface area (Å²) in [6.45, 7) is 12.5. The SMILES string of the molecule is C=C[C@](C)(O)[C@@H]1C[C@H]2C(=CC[C@H]3C(C)(C)CCC[C@]23C)C(=O)O1. The molecule has 0 spiro atoms. The van der Waals surface area contributed by atoms with E-state index in [0.717, 1.165) is 18.4 Å². The van der Waals surface area contributed by atoms with Gasteiger partial charge in [0.2, 0.25) is 0 Å². The minimum absolute atomic E-state index is 0.112. The summed E-state index contributed by atoms with van der Waals surface area (Å²) in [5, 5.41) is 10.5. The highest BCUT2D eigenvalue weighted by molar-refractivity contribution is 5.90. The van der Waals surface area contributed by atoms with Gasteiger partial charge in [0.15, 0.2) is 0 Å². The van der Waals surface area contributed by atoms with Crippen molar-refractivity contribution in [2.75, 3.05) is 0 Å². The van der Waals surface area contributed by atoms with Crippen LogP contribution in [0.25, 0.3) is 0 Å². The Labute approximate surface area is 139 Å². The van der Waals surface area contributed by atoms with E-state index >= 15 is 0 Å². The summed E-state index contributed by atoms with van der Waals surface area (Å²) >= 11 is 0. The normalized spacial score (nSPS) is 41.7. The van der Waals surface area contributed by atoms with Crippen LogP contribution < -0.4 is 0 Å². The predicted molar refractivity (Wildman–Crippen MR) is 90.7 cm³/mol. The average Bonchev–Trinajstić information content (AvgIpc) is 2.46. The van der Waals surface area contributed by atoms with Crippen molar-refractivity contribution in [1.82, 2.24) is 0 Å². The molecule has 5 atom stereocenters. The molecule has 1 aliphatic heterocycles. The first-order chi connectivity index (χ1) is 10.6. The van der Waals surface area contributed by atoms with Crippen molar-refractivity contribution >= 4 is 5.97 Å². The van der Waals surface area contributed by atoms with E-state index in [1.165, 1.54) is 18.9 Å². The van der Waals surface area contributed by atoms with Crippen molar-refractivity contribution < 1.29 is 14.6 Å². The van der Waals surface area contributed by atoms with E-state index in [4.69, 9.17) is 4.74 Å². The summed E-state index contributed by atoms with van der Waals surface area (Å²) in [5.41, 5.74) is 0.0833. The Morgan fingerprint density at radius 3 is 2.74 bits per heavy atom. The zero-order chi connectivity index (χ0) is 17.0. The molecule has 1 saturated carbocycles. The lowest BCUT2D eigenvalue weighted by Crippen LogP contribution is -2.55. The second-order valence-corrected chi connectivity index (χ2v) is 8.91. The molecule has 128 valence electrons. The molecule has 0 aromatic rings. The molecule has 0 radical (unpaired) electrons. The molecule has 1 saturated heterocycles. The summed E-state index contributed by atoms with van der Waals surface area (Å²) in [6.07, 6.45) is 8.38. The molecule has 0 unspecified atom stereocenters. The van der Waals surface area contributed by atoms with Gasteiger partial charge in [-0.05, 0) is 49.4 Å². The number of hydrogen-bond donors (Lipinski definition) is 1. The molecule has 0 aromatic carbocycles. The first-order valence-corrected chi connectivity index (χ1v) is 8.89. The second-order valence-electron chi connectivity index (χ2n) is 8.91. The number of fused-ring (bicyclic) bond motifs is 3. The minimum Gasteiger partial charge on any atom is -0.456 e. The zero-order valence-electron chi connectivity index (χ0n) is 14.9. The van der Waals surface area contributed by atoms with Crippen molar-refractivity contribution in [1.29, 1.82) is 0 Å². The maximum absolute atomic E-state index is 12.5. The Balaban J connectivity index is 1.99. The molecule has 3 nitrogen and oxygen atoms in total. The Morgan fingerprint density at radius 2 is 2.09 bits per heavy atom. The van der Waals surface area contributed by atoms with Crippen molar-refractivity contribution in [3.05, 3.63) is 24.3 Å². The molecule has 0 amide bonds. The van der Waals surface area contributed by atoms with Gasteiger partial charge < -0.3 is 9.84 Å². The van der Waals surface area contributed by atoms with Gasteiger partial charge in [-0.3, -0.25) is 0 Å². The molecule has 2 fully saturated rings. The number of esters is 1. The van der Waals surface area contributed by atoms with Gasteiger partial charge in [-0.25, -0.2) is 4.79 Å². The smallest absolute Gasteiger partial charge is 0.334 e. The van der Waals surface area contributed by atoms with E-state index in [-0.39, 0.29) is 17.3 Å². The van der Waals surface area contributed by atoms with Crippen LogP contribution in [0.15, 0.2) is 24.3 Å². The Bertz CT molecular complexity index is 557. The Kier molecular flexibility index (Phi) is 3.79. The molecule has 3 aliphatic rings. The van der Waals surface area contributed by atoms with Gasteiger partial charge in [-0.2, -0.15) is 0 Å². The van der Waals surface area contributed by atoms with Crippen molar-refractivity contribution in [3.8, 4) is 0 Å². The number of hydrogen-bond acceptors (Lipinski definition) is 3. The summed E-state index contributed by atoms with van der Waals surface area (Å²) in [5.74, 6) is 0.521. The van der Waals surface area contributed by atoms with Crippen LogP contribution in [-0.4, -0.2) is 22.8 Å². The Morgan fingerprint density at radius 1 is 1.39 bits per heavy atom. The minimum atomic E-state index is -1.17. The van der Waals surface area contributed by atoms with E-state index in [2.05, 4.69) is 33.4 Å². The number of cyclic esters (lactones) is 1. The molecular formula is C20H30O3. The first-order valence-electron chi connectivity index (χ1n) is 8.89. The summed E-state index contributed by atoms with van der Waals surface area (Å²) < 4.78 is 5.56. The molecule has 0 bridgehead atoms. The van der Waals surface area contributed by atoms with Crippen LogP contribution in [0.1, 0.15) is 59.8 Å². The van der Waals surface area contributed by atoms with Crippen LogP contribution in [0.3, 0.4) is 0 Å². The average molecular weight is 318 g/mol. The highest BCUT2D eigenvalue weighted by Gasteiger charge is 2.56. The maximum Gasteiger partial charge on any atom is 0.334 e. The summed E-state index contributed by atoms with van der Waals surface area (Å²) in [4.78, 5) is 12.5. The van der Waals surface area contributed by atoms with Crippen LogP contribution in [0.2, 0.25) is 0 Å². The zero-order valence-corrected chi connectivity index (χ0v) is 14.9. The number of aliphatic hydroxyl groups is 1. The fourth-order valence-corrected chi connectivity index (χ4v) is 5.48. The predicted octanol–water partition coefficient (Wildman–Crippen LogP) is 4.02. The molecule has 1 N–H and O–H groups in total. The van der Waals surface area contributed by atoms with Crippen LogP contribution in [0.4, 0.5) is 0 Å². The van der Waals surface area contributed by atoms with Gasteiger partial charge in [0.05, 0.1) is 0 Å². The lowest BCUT2D eigenvalue weighted by atomic mass is 9.47. The summed E-state index contributed by atoms with van der Waals surface area (Å²) in [7, 11) is 0. The van der Waals surface area contributed by atoms with E-state index < -0.39 is 11.7 Å². The highest BCUT2D eigenvalue weighted by atomic mass is 16.6. The fourth-order valence-electron chi connectivity index (χ4n) is 5.48. The van der Waals surface area contributed by atoms with Crippen molar-refractivity contribution in [3.63, 3.8) is 0 Å². The van der Waals surface area contributed by atoms with Gasteiger partial charge in [0.1, 0.15) is 11.7 Å². The topological polar surface area (TPSA) is 46.5 Å². The van der Waals surface area contributed by atoms with Crippen LogP contribution in [0.5, 0.6) is 0 Å². The number of carbonyl (C=O) groups is 1. The van der Waals surface area contributed by atoms with E-state index in [1.54, 1.807) is 6.92 Å². The summed E-state index contributed by atoms with van der Waals surface area (Å²) in [6, 6.07) is 0. The van der Waals surface area contributed by atoms with Gasteiger partial charge in [0, 0.05) is 11.5 Å². The second kappa shape index (κ2) is 5.20. The van der Waals surface area contributed by atoms with E-state index in [0.29, 0.717) is 17.8 Å². The van der Waals surface area contributed by atoms with E-state index in [9.17, 15) is 9.90 Å². The number of allylic oxidation sites excluding steroid dienone is 1.